The van der Waals surface area contributed by atoms with Gasteiger partial charge in [0.2, 0.25) is 0 Å². The highest BCUT2D eigenvalue weighted by molar-refractivity contribution is 9.10. The van der Waals surface area contributed by atoms with Crippen LogP contribution in [0.5, 0.6) is 0 Å². The van der Waals surface area contributed by atoms with Gasteiger partial charge in [0.05, 0.1) is 16.8 Å². The molecule has 0 saturated carbocycles. The third-order valence-corrected chi connectivity index (χ3v) is 5.71. The summed E-state index contributed by atoms with van der Waals surface area (Å²) >= 11 is 3.32. The monoisotopic (exact) mass is 472 g/mol. The molecule has 0 saturated heterocycles. The molecule has 7 nitrogen and oxygen atoms in total. The van der Waals surface area contributed by atoms with Crippen molar-refractivity contribution in [1.82, 2.24) is 4.90 Å². The Balaban J connectivity index is 1.73. The van der Waals surface area contributed by atoms with Gasteiger partial charge < -0.3 is 10.1 Å². The SMILES string of the molecule is CCC(C)C(C(=O)OCC(=O)Nc1ccccc1Br)N1C(=O)c2ccccc2C1=O. The van der Waals surface area contributed by atoms with Crippen molar-refractivity contribution < 1.29 is 23.9 Å². The number of rotatable bonds is 7. The molecule has 156 valence electrons. The molecule has 0 aromatic heterocycles. The Bertz CT molecular complexity index is 972. The highest BCUT2D eigenvalue weighted by atomic mass is 79.9. The van der Waals surface area contributed by atoms with Gasteiger partial charge in [-0.3, -0.25) is 19.3 Å². The first-order valence-electron chi connectivity index (χ1n) is 9.53. The fraction of sp³-hybridized carbons (Fsp3) is 0.273. The maximum atomic E-state index is 12.8. The summed E-state index contributed by atoms with van der Waals surface area (Å²) in [4.78, 5) is 51.6. The van der Waals surface area contributed by atoms with E-state index in [2.05, 4.69) is 21.2 Å². The molecule has 0 bridgehead atoms. The number of hydrogen-bond acceptors (Lipinski definition) is 5. The Hall–Kier alpha value is -3.00. The zero-order valence-electron chi connectivity index (χ0n) is 16.6. The lowest BCUT2D eigenvalue weighted by molar-refractivity contribution is -0.152. The van der Waals surface area contributed by atoms with E-state index in [0.717, 1.165) is 4.90 Å². The molecule has 0 fully saturated rings. The summed E-state index contributed by atoms with van der Waals surface area (Å²) in [6.07, 6.45) is 0.538. The van der Waals surface area contributed by atoms with Gasteiger partial charge in [-0.1, -0.05) is 44.5 Å². The van der Waals surface area contributed by atoms with E-state index < -0.39 is 36.3 Å². The normalized spacial score (nSPS) is 14.8. The minimum Gasteiger partial charge on any atom is -0.454 e. The molecule has 1 aliphatic heterocycles. The van der Waals surface area contributed by atoms with Gasteiger partial charge in [-0.15, -0.1) is 0 Å². The second-order valence-corrected chi connectivity index (χ2v) is 7.85. The molecule has 0 radical (unpaired) electrons. The lowest BCUT2D eigenvalue weighted by Gasteiger charge is -2.28. The van der Waals surface area contributed by atoms with E-state index in [-0.39, 0.29) is 17.0 Å². The van der Waals surface area contributed by atoms with E-state index in [1.54, 1.807) is 55.5 Å². The fourth-order valence-corrected chi connectivity index (χ4v) is 3.63. The molecule has 0 aliphatic carbocycles. The largest absolute Gasteiger partial charge is 0.454 e. The maximum absolute atomic E-state index is 12.8. The molecular formula is C22H21BrN2O5. The number of carbonyl (C=O) groups is 4. The molecule has 0 spiro atoms. The molecule has 1 N–H and O–H groups in total. The van der Waals surface area contributed by atoms with Crippen LogP contribution in [0, 0.1) is 5.92 Å². The quantitative estimate of drug-likeness (QED) is 0.490. The van der Waals surface area contributed by atoms with Crippen molar-refractivity contribution in [3.8, 4) is 0 Å². The van der Waals surface area contributed by atoms with Gasteiger partial charge in [0.25, 0.3) is 17.7 Å². The van der Waals surface area contributed by atoms with Crippen LogP contribution >= 0.6 is 15.9 Å². The number of ether oxygens (including phenoxy) is 1. The van der Waals surface area contributed by atoms with Crippen molar-refractivity contribution >= 4 is 45.3 Å². The number of carbonyl (C=O) groups excluding carboxylic acids is 4. The number of anilines is 1. The first-order valence-corrected chi connectivity index (χ1v) is 10.3. The van der Waals surface area contributed by atoms with Gasteiger partial charge in [0.15, 0.2) is 6.61 Å². The zero-order chi connectivity index (χ0) is 21.8. The molecule has 1 aliphatic rings. The van der Waals surface area contributed by atoms with Gasteiger partial charge in [-0.05, 0) is 46.1 Å². The molecule has 30 heavy (non-hydrogen) atoms. The Labute approximate surface area is 182 Å². The molecule has 8 heteroatoms. The lowest BCUT2D eigenvalue weighted by Crippen LogP contribution is -2.49. The summed E-state index contributed by atoms with van der Waals surface area (Å²) in [6, 6.07) is 12.4. The van der Waals surface area contributed by atoms with E-state index in [9.17, 15) is 19.2 Å². The number of hydrogen-bond donors (Lipinski definition) is 1. The van der Waals surface area contributed by atoms with E-state index in [1.807, 2.05) is 6.92 Å². The number of imide groups is 1. The molecule has 2 unspecified atom stereocenters. The minimum absolute atomic E-state index is 0.260. The van der Waals surface area contributed by atoms with Crippen molar-refractivity contribution in [3.63, 3.8) is 0 Å². The number of nitrogens with zero attached hydrogens (tertiary/aromatic N) is 1. The standard InChI is InChI=1S/C22H21BrN2O5/c1-3-13(2)19(25-20(27)14-8-4-5-9-15(14)21(25)28)22(29)30-12-18(26)24-17-11-7-6-10-16(17)23/h4-11,13,19H,3,12H2,1-2H3,(H,24,26). The fourth-order valence-electron chi connectivity index (χ4n) is 3.25. The van der Waals surface area contributed by atoms with Crippen LogP contribution in [0.3, 0.4) is 0 Å². The van der Waals surface area contributed by atoms with E-state index in [1.165, 1.54) is 0 Å². The number of fused-ring (bicyclic) bond motifs is 1. The second-order valence-electron chi connectivity index (χ2n) is 6.99. The summed E-state index contributed by atoms with van der Waals surface area (Å²) in [5.74, 6) is -2.72. The highest BCUT2D eigenvalue weighted by Crippen LogP contribution is 2.28. The number of para-hydroxylation sites is 1. The van der Waals surface area contributed by atoms with Gasteiger partial charge in [-0.2, -0.15) is 0 Å². The topological polar surface area (TPSA) is 92.8 Å². The first kappa shape index (κ1) is 21.7. The number of benzene rings is 2. The van der Waals surface area contributed by atoms with E-state index in [0.29, 0.717) is 16.6 Å². The highest BCUT2D eigenvalue weighted by Gasteiger charge is 2.45. The second kappa shape index (κ2) is 9.21. The summed E-state index contributed by atoms with van der Waals surface area (Å²) in [5, 5.41) is 2.64. The zero-order valence-corrected chi connectivity index (χ0v) is 18.1. The Morgan fingerprint density at radius 3 is 2.17 bits per heavy atom. The van der Waals surface area contributed by atoms with Gasteiger partial charge in [0, 0.05) is 4.47 Å². The predicted octanol–water partition coefficient (Wildman–Crippen LogP) is 3.64. The number of esters is 1. The van der Waals surface area contributed by atoms with Gasteiger partial charge in [-0.25, -0.2) is 4.79 Å². The molecule has 2 atom stereocenters. The van der Waals surface area contributed by atoms with E-state index in [4.69, 9.17) is 4.74 Å². The Kier molecular flexibility index (Phi) is 6.66. The van der Waals surface area contributed by atoms with Gasteiger partial charge in [0.1, 0.15) is 6.04 Å². The molecule has 2 aromatic rings. The van der Waals surface area contributed by atoms with Crippen LogP contribution < -0.4 is 5.32 Å². The smallest absolute Gasteiger partial charge is 0.330 e. The summed E-state index contributed by atoms with van der Waals surface area (Å²) < 4.78 is 5.88. The molecule has 1 heterocycles. The van der Waals surface area contributed by atoms with Crippen molar-refractivity contribution in [1.29, 1.82) is 0 Å². The number of nitrogens with one attached hydrogen (secondary N) is 1. The van der Waals surface area contributed by atoms with Crippen LogP contribution in [0.2, 0.25) is 0 Å². The molecule has 3 amide bonds. The van der Waals surface area contributed by atoms with Crippen molar-refractivity contribution in [2.75, 3.05) is 11.9 Å². The third-order valence-electron chi connectivity index (χ3n) is 5.02. The van der Waals surface area contributed by atoms with Crippen LogP contribution in [0.4, 0.5) is 5.69 Å². The summed E-state index contributed by atoms with van der Waals surface area (Å²) in [5.41, 5.74) is 1.06. The Morgan fingerprint density at radius 2 is 1.60 bits per heavy atom. The predicted molar refractivity (Wildman–Crippen MR) is 114 cm³/mol. The van der Waals surface area contributed by atoms with Crippen LogP contribution in [0.25, 0.3) is 0 Å². The lowest BCUT2D eigenvalue weighted by atomic mass is 9.97. The minimum atomic E-state index is -1.11. The maximum Gasteiger partial charge on any atom is 0.330 e. The van der Waals surface area contributed by atoms with Crippen molar-refractivity contribution in [2.45, 2.75) is 26.3 Å². The summed E-state index contributed by atoms with van der Waals surface area (Å²) in [7, 11) is 0. The van der Waals surface area contributed by atoms with Crippen LogP contribution in [0.1, 0.15) is 41.0 Å². The van der Waals surface area contributed by atoms with Crippen molar-refractivity contribution in [3.05, 3.63) is 64.1 Å². The molecular weight excluding hydrogens is 452 g/mol. The average molecular weight is 473 g/mol. The van der Waals surface area contributed by atoms with E-state index >= 15 is 0 Å². The van der Waals surface area contributed by atoms with Crippen LogP contribution in [0.15, 0.2) is 53.0 Å². The molecule has 3 rings (SSSR count). The first-order chi connectivity index (χ1) is 14.3. The van der Waals surface area contributed by atoms with Gasteiger partial charge >= 0.3 is 5.97 Å². The number of halogens is 1. The Morgan fingerprint density at radius 1 is 1.03 bits per heavy atom. The number of amides is 3. The molecule has 2 aromatic carbocycles. The van der Waals surface area contributed by atoms with Crippen LogP contribution in [-0.4, -0.2) is 41.2 Å². The third kappa shape index (κ3) is 4.28. The average Bonchev–Trinajstić information content (AvgIpc) is 2.99. The summed E-state index contributed by atoms with van der Waals surface area (Å²) in [6.45, 7) is 3.08. The van der Waals surface area contributed by atoms with Crippen LogP contribution in [-0.2, 0) is 14.3 Å². The van der Waals surface area contributed by atoms with Crippen molar-refractivity contribution in [2.24, 2.45) is 5.92 Å².